The van der Waals surface area contributed by atoms with Gasteiger partial charge in [0.05, 0.1) is 11.8 Å². The summed E-state index contributed by atoms with van der Waals surface area (Å²) in [4.78, 5) is 4.10. The number of aliphatic hydroxyl groups is 1. The maximum atomic E-state index is 9.35. The number of aromatic nitrogens is 1. The molecular weight excluding hydrogens is 162 g/mol. The van der Waals surface area contributed by atoms with Crippen molar-refractivity contribution in [2.75, 3.05) is 0 Å². The third-order valence-corrected chi connectivity index (χ3v) is 2.08. The van der Waals surface area contributed by atoms with E-state index >= 15 is 0 Å². The van der Waals surface area contributed by atoms with Crippen molar-refractivity contribution in [1.82, 2.24) is 4.98 Å². The normalized spacial score (nSPS) is 14.2. The summed E-state index contributed by atoms with van der Waals surface area (Å²) in [6.45, 7) is 8.17. The van der Waals surface area contributed by atoms with Crippen molar-refractivity contribution in [2.45, 2.75) is 39.2 Å². The molecule has 1 rings (SSSR count). The van der Waals surface area contributed by atoms with Crippen LogP contribution in [-0.4, -0.2) is 10.1 Å². The van der Waals surface area contributed by atoms with Gasteiger partial charge in [0.25, 0.3) is 0 Å². The molecule has 1 aromatic heterocycles. The lowest BCUT2D eigenvalue weighted by atomic mass is 9.87. The number of pyridine rings is 1. The van der Waals surface area contributed by atoms with Gasteiger partial charge in [0.2, 0.25) is 0 Å². The molecule has 0 bridgehead atoms. The third-order valence-electron chi connectivity index (χ3n) is 2.08. The zero-order chi connectivity index (χ0) is 10.1. The fourth-order valence-electron chi connectivity index (χ4n) is 1.14. The van der Waals surface area contributed by atoms with Crippen molar-refractivity contribution in [1.29, 1.82) is 0 Å². The van der Waals surface area contributed by atoms with Crippen LogP contribution in [0.3, 0.4) is 0 Å². The largest absolute Gasteiger partial charge is 0.387 e. The summed E-state index contributed by atoms with van der Waals surface area (Å²) >= 11 is 0. The van der Waals surface area contributed by atoms with E-state index < -0.39 is 6.10 Å². The van der Waals surface area contributed by atoms with Gasteiger partial charge in [0.1, 0.15) is 0 Å². The zero-order valence-corrected chi connectivity index (χ0v) is 8.70. The average molecular weight is 179 g/mol. The first-order valence-electron chi connectivity index (χ1n) is 4.56. The second kappa shape index (κ2) is 3.46. The third kappa shape index (κ3) is 2.52. The van der Waals surface area contributed by atoms with Gasteiger partial charge in [-0.3, -0.25) is 4.98 Å². The molecule has 0 fully saturated rings. The van der Waals surface area contributed by atoms with Crippen molar-refractivity contribution >= 4 is 0 Å². The number of rotatable bonds is 1. The molecule has 2 heteroatoms. The minimum Gasteiger partial charge on any atom is -0.387 e. The topological polar surface area (TPSA) is 33.1 Å². The molecule has 1 N–H and O–H groups in total. The highest BCUT2D eigenvalue weighted by atomic mass is 16.3. The quantitative estimate of drug-likeness (QED) is 0.718. The smallest absolute Gasteiger partial charge is 0.0931 e. The Morgan fingerprint density at radius 3 is 2.46 bits per heavy atom. The first-order chi connectivity index (χ1) is 5.91. The fraction of sp³-hybridized carbons (Fsp3) is 0.545. The van der Waals surface area contributed by atoms with Crippen LogP contribution in [0, 0.1) is 0 Å². The van der Waals surface area contributed by atoms with Gasteiger partial charge < -0.3 is 5.11 Å². The average Bonchev–Trinajstić information content (AvgIpc) is 2.03. The van der Waals surface area contributed by atoms with E-state index in [-0.39, 0.29) is 5.41 Å². The predicted molar refractivity (Wildman–Crippen MR) is 53.6 cm³/mol. The van der Waals surface area contributed by atoms with Gasteiger partial charge in [-0.25, -0.2) is 0 Å². The van der Waals surface area contributed by atoms with Gasteiger partial charge in [-0.2, -0.15) is 0 Å². The van der Waals surface area contributed by atoms with Crippen molar-refractivity contribution in [3.63, 3.8) is 0 Å². The Labute approximate surface area is 79.6 Å². The summed E-state index contributed by atoms with van der Waals surface area (Å²) in [5.74, 6) is 0. The summed E-state index contributed by atoms with van der Waals surface area (Å²) in [5.41, 5.74) is 2.07. The summed E-state index contributed by atoms with van der Waals surface area (Å²) in [5, 5.41) is 9.35. The molecule has 13 heavy (non-hydrogen) atoms. The second-order valence-corrected chi connectivity index (χ2v) is 4.40. The molecule has 0 unspecified atom stereocenters. The minimum atomic E-state index is -0.484. The van der Waals surface area contributed by atoms with Crippen molar-refractivity contribution in [3.05, 3.63) is 29.6 Å². The molecule has 1 atom stereocenters. The predicted octanol–water partition coefficient (Wildman–Crippen LogP) is 2.43. The summed E-state index contributed by atoms with van der Waals surface area (Å²) in [6, 6.07) is 3.95. The van der Waals surface area contributed by atoms with E-state index in [2.05, 4.69) is 25.8 Å². The highest BCUT2D eigenvalue weighted by Crippen LogP contribution is 2.23. The van der Waals surface area contributed by atoms with Crippen molar-refractivity contribution in [2.24, 2.45) is 0 Å². The molecule has 2 nitrogen and oxygen atoms in total. The van der Waals surface area contributed by atoms with Crippen LogP contribution in [0.4, 0.5) is 0 Å². The lowest BCUT2D eigenvalue weighted by molar-refractivity contribution is 0.194. The number of nitrogens with zero attached hydrogens (tertiary/aromatic N) is 1. The molecule has 0 spiro atoms. The molecule has 0 aliphatic heterocycles. The lowest BCUT2D eigenvalue weighted by Gasteiger charge is -2.19. The van der Waals surface area contributed by atoms with E-state index in [0.717, 1.165) is 5.69 Å². The molecule has 0 saturated heterocycles. The van der Waals surface area contributed by atoms with E-state index in [1.54, 1.807) is 13.1 Å². The maximum Gasteiger partial charge on any atom is 0.0931 e. The molecule has 0 aliphatic carbocycles. The second-order valence-electron chi connectivity index (χ2n) is 4.40. The molecule has 0 aliphatic rings. The molecule has 72 valence electrons. The molecule has 1 heterocycles. The first kappa shape index (κ1) is 10.2. The molecular formula is C11H17NO. The summed E-state index contributed by atoms with van der Waals surface area (Å²) < 4.78 is 0. The molecule has 0 amide bonds. The van der Waals surface area contributed by atoms with Gasteiger partial charge in [-0.1, -0.05) is 20.8 Å². The van der Waals surface area contributed by atoms with E-state index in [1.165, 1.54) is 5.56 Å². The van der Waals surface area contributed by atoms with E-state index in [4.69, 9.17) is 0 Å². The van der Waals surface area contributed by atoms with Crippen LogP contribution in [0.2, 0.25) is 0 Å². The Balaban J connectivity index is 3.06. The number of aliphatic hydroxyl groups excluding tert-OH is 1. The number of hydrogen-bond acceptors (Lipinski definition) is 2. The SMILES string of the molecule is C[C@@H](O)c1cc(C(C)(C)C)ccn1. The van der Waals surface area contributed by atoms with Gasteiger partial charge in [0, 0.05) is 6.20 Å². The highest BCUT2D eigenvalue weighted by molar-refractivity contribution is 5.24. The van der Waals surface area contributed by atoms with Gasteiger partial charge >= 0.3 is 0 Å². The Morgan fingerprint density at radius 1 is 1.38 bits per heavy atom. The first-order valence-corrected chi connectivity index (χ1v) is 4.56. The monoisotopic (exact) mass is 179 g/mol. The maximum absolute atomic E-state index is 9.35. The van der Waals surface area contributed by atoms with Gasteiger partial charge in [-0.15, -0.1) is 0 Å². The fourth-order valence-corrected chi connectivity index (χ4v) is 1.14. The number of hydrogen-bond donors (Lipinski definition) is 1. The van der Waals surface area contributed by atoms with Gasteiger partial charge in [-0.05, 0) is 30.0 Å². The highest BCUT2D eigenvalue weighted by Gasteiger charge is 2.14. The van der Waals surface area contributed by atoms with Crippen LogP contribution in [0.5, 0.6) is 0 Å². The molecule has 0 saturated carbocycles. The van der Waals surface area contributed by atoms with Crippen molar-refractivity contribution < 1.29 is 5.11 Å². The van der Waals surface area contributed by atoms with Gasteiger partial charge in [0.15, 0.2) is 0 Å². The zero-order valence-electron chi connectivity index (χ0n) is 8.70. The summed E-state index contributed by atoms with van der Waals surface area (Å²) in [6.07, 6.45) is 1.27. The van der Waals surface area contributed by atoms with Crippen LogP contribution in [0.1, 0.15) is 45.1 Å². The molecule has 0 radical (unpaired) electrons. The van der Waals surface area contributed by atoms with E-state index in [0.29, 0.717) is 0 Å². The van der Waals surface area contributed by atoms with Crippen molar-refractivity contribution in [3.8, 4) is 0 Å². The van der Waals surface area contributed by atoms with Crippen LogP contribution < -0.4 is 0 Å². The van der Waals surface area contributed by atoms with E-state index in [1.807, 2.05) is 12.1 Å². The molecule has 1 aromatic rings. The van der Waals surface area contributed by atoms with Crippen LogP contribution >= 0.6 is 0 Å². The molecule has 0 aromatic carbocycles. The lowest BCUT2D eigenvalue weighted by Crippen LogP contribution is -2.12. The van der Waals surface area contributed by atoms with Crippen LogP contribution in [0.25, 0.3) is 0 Å². The van der Waals surface area contributed by atoms with E-state index in [9.17, 15) is 5.11 Å². The van der Waals surface area contributed by atoms with Crippen LogP contribution in [-0.2, 0) is 5.41 Å². The Hall–Kier alpha value is -0.890. The Bertz CT molecular complexity index is 286. The standard InChI is InChI=1S/C11H17NO/c1-8(13)10-7-9(5-6-12-10)11(2,3)4/h5-8,13H,1-4H3/t8-/m1/s1. The Kier molecular flexibility index (Phi) is 2.71. The minimum absolute atomic E-state index is 0.118. The van der Waals surface area contributed by atoms with Crippen LogP contribution in [0.15, 0.2) is 18.3 Å². The Morgan fingerprint density at radius 2 is 2.00 bits per heavy atom. The summed E-state index contributed by atoms with van der Waals surface area (Å²) in [7, 11) is 0.